The molecule has 0 saturated heterocycles. The van der Waals surface area contributed by atoms with Gasteiger partial charge >= 0.3 is 0 Å². The van der Waals surface area contributed by atoms with Crippen molar-refractivity contribution in [2.75, 3.05) is 31.3 Å². The third kappa shape index (κ3) is 3.63. The second-order valence-electron chi connectivity index (χ2n) is 7.20. The van der Waals surface area contributed by atoms with Gasteiger partial charge in [-0.3, -0.25) is 4.79 Å². The summed E-state index contributed by atoms with van der Waals surface area (Å²) in [6.45, 7) is 5.00. The number of nitrogens with zero attached hydrogens (tertiary/aromatic N) is 2. The van der Waals surface area contributed by atoms with Crippen molar-refractivity contribution in [2.24, 2.45) is 4.99 Å². The lowest BCUT2D eigenvalue weighted by Crippen LogP contribution is -2.54. The number of anilines is 1. The van der Waals surface area contributed by atoms with E-state index >= 15 is 0 Å². The Morgan fingerprint density at radius 3 is 2.79 bits per heavy atom. The van der Waals surface area contributed by atoms with Gasteiger partial charge < -0.3 is 19.5 Å². The Morgan fingerprint density at radius 1 is 1.24 bits per heavy atom. The number of amides is 1. The fourth-order valence-electron chi connectivity index (χ4n) is 3.73. The average Bonchev–Trinajstić information content (AvgIpc) is 3.17. The van der Waals surface area contributed by atoms with Crippen molar-refractivity contribution < 1.29 is 19.4 Å². The summed E-state index contributed by atoms with van der Waals surface area (Å²) < 4.78 is 11.4. The molecule has 1 N–H and O–H groups in total. The van der Waals surface area contributed by atoms with Gasteiger partial charge in [0.15, 0.2) is 5.54 Å². The quantitative estimate of drug-likeness (QED) is 0.581. The summed E-state index contributed by atoms with van der Waals surface area (Å²) in [5, 5.41) is 8.84. The topological polar surface area (TPSA) is 71.4 Å². The number of benzene rings is 2. The third-order valence-electron chi connectivity index (χ3n) is 5.16. The maximum absolute atomic E-state index is 13.3. The number of rotatable bonds is 7. The standard InChI is InChI=1S/C23H24N2O4/c1-2-12-25-20-7-4-3-6-18(20)15-23(22(25)27)16-29-21(24-23)17-8-10-19(11-9-17)28-14-5-13-26/h2-4,6-11,26H,1,5,12-16H2/t23-/m0/s1. The Bertz CT molecular complexity index is 938. The normalized spacial score (nSPS) is 20.2. The number of aliphatic hydroxyl groups is 1. The molecule has 1 atom stereocenters. The van der Waals surface area contributed by atoms with E-state index < -0.39 is 5.54 Å². The van der Waals surface area contributed by atoms with E-state index in [0.29, 0.717) is 31.9 Å². The molecule has 2 aromatic carbocycles. The van der Waals surface area contributed by atoms with Gasteiger partial charge in [-0.05, 0) is 35.9 Å². The van der Waals surface area contributed by atoms with Crippen LogP contribution in [0.2, 0.25) is 0 Å². The van der Waals surface area contributed by atoms with Gasteiger partial charge in [0.05, 0.1) is 6.61 Å². The fraction of sp³-hybridized carbons (Fsp3) is 0.304. The van der Waals surface area contributed by atoms with E-state index in [1.54, 1.807) is 11.0 Å². The van der Waals surface area contributed by atoms with Crippen LogP contribution in [-0.4, -0.2) is 48.8 Å². The molecule has 2 aliphatic rings. The Hall–Kier alpha value is -3.12. The number of aliphatic imine (C=N–C) groups is 1. The van der Waals surface area contributed by atoms with E-state index in [2.05, 4.69) is 6.58 Å². The lowest BCUT2D eigenvalue weighted by molar-refractivity contribution is -0.124. The first-order valence-corrected chi connectivity index (χ1v) is 9.74. The largest absolute Gasteiger partial charge is 0.494 e. The van der Waals surface area contributed by atoms with Crippen LogP contribution < -0.4 is 9.64 Å². The molecule has 0 bridgehead atoms. The van der Waals surface area contributed by atoms with Crippen LogP contribution in [0, 0.1) is 0 Å². The lowest BCUT2D eigenvalue weighted by atomic mass is 9.86. The molecule has 6 heteroatoms. The van der Waals surface area contributed by atoms with Gasteiger partial charge in [-0.25, -0.2) is 4.99 Å². The van der Waals surface area contributed by atoms with Gasteiger partial charge in [-0.2, -0.15) is 0 Å². The van der Waals surface area contributed by atoms with Crippen molar-refractivity contribution >= 4 is 17.5 Å². The minimum absolute atomic E-state index is 0.0601. The van der Waals surface area contributed by atoms with Crippen molar-refractivity contribution in [2.45, 2.75) is 18.4 Å². The highest BCUT2D eigenvalue weighted by atomic mass is 16.5. The predicted molar refractivity (Wildman–Crippen MR) is 112 cm³/mol. The summed E-state index contributed by atoms with van der Waals surface area (Å²) >= 11 is 0. The van der Waals surface area contributed by atoms with E-state index in [9.17, 15) is 4.79 Å². The van der Waals surface area contributed by atoms with Crippen molar-refractivity contribution in [1.82, 2.24) is 0 Å². The minimum Gasteiger partial charge on any atom is -0.494 e. The van der Waals surface area contributed by atoms with Crippen molar-refractivity contribution in [3.63, 3.8) is 0 Å². The van der Waals surface area contributed by atoms with Gasteiger partial charge in [0.1, 0.15) is 12.4 Å². The van der Waals surface area contributed by atoms with Crippen molar-refractivity contribution in [3.05, 3.63) is 72.3 Å². The molecule has 0 saturated carbocycles. The van der Waals surface area contributed by atoms with Gasteiger partial charge in [0, 0.05) is 37.2 Å². The number of hydrogen-bond acceptors (Lipinski definition) is 5. The van der Waals surface area contributed by atoms with Gasteiger partial charge in [-0.1, -0.05) is 24.3 Å². The highest BCUT2D eigenvalue weighted by Gasteiger charge is 2.50. The molecule has 4 rings (SSSR count). The maximum Gasteiger partial charge on any atom is 0.259 e. The first-order valence-electron chi connectivity index (χ1n) is 9.74. The molecule has 0 unspecified atom stereocenters. The molecule has 2 aromatic rings. The van der Waals surface area contributed by atoms with Gasteiger partial charge in [0.2, 0.25) is 5.90 Å². The highest BCUT2D eigenvalue weighted by Crippen LogP contribution is 2.38. The zero-order chi connectivity index (χ0) is 20.3. The SMILES string of the molecule is C=CCN1C(=O)[C@@]2(COC(c3ccc(OCCCO)cc3)=N2)Cc2ccccc21. The zero-order valence-corrected chi connectivity index (χ0v) is 16.2. The number of hydrogen-bond donors (Lipinski definition) is 1. The molecule has 29 heavy (non-hydrogen) atoms. The van der Waals surface area contributed by atoms with E-state index in [1.165, 1.54) is 0 Å². The number of fused-ring (bicyclic) bond motifs is 1. The Morgan fingerprint density at radius 2 is 2.03 bits per heavy atom. The molecule has 0 radical (unpaired) electrons. The summed E-state index contributed by atoms with van der Waals surface area (Å²) in [6, 6.07) is 15.3. The van der Waals surface area contributed by atoms with E-state index in [-0.39, 0.29) is 19.1 Å². The van der Waals surface area contributed by atoms with Crippen LogP contribution in [-0.2, 0) is 16.0 Å². The molecule has 1 spiro atoms. The number of para-hydroxylation sites is 1. The Balaban J connectivity index is 1.60. The molecule has 150 valence electrons. The number of ether oxygens (including phenoxy) is 2. The molecular weight excluding hydrogens is 368 g/mol. The summed E-state index contributed by atoms with van der Waals surface area (Å²) in [7, 11) is 0. The van der Waals surface area contributed by atoms with Crippen LogP contribution in [0.5, 0.6) is 5.75 Å². The van der Waals surface area contributed by atoms with Crippen molar-refractivity contribution in [1.29, 1.82) is 0 Å². The molecule has 2 aliphatic heterocycles. The van der Waals surface area contributed by atoms with Crippen LogP contribution in [0.25, 0.3) is 0 Å². The van der Waals surface area contributed by atoms with E-state index in [0.717, 1.165) is 22.6 Å². The molecule has 1 amide bonds. The molecule has 2 heterocycles. The van der Waals surface area contributed by atoms with Crippen LogP contribution in [0.1, 0.15) is 17.5 Å². The predicted octanol–water partition coefficient (Wildman–Crippen LogP) is 2.74. The minimum atomic E-state index is -0.941. The molecule has 0 fully saturated rings. The number of carbonyl (C=O) groups excluding carboxylic acids is 1. The summed E-state index contributed by atoms with van der Waals surface area (Å²) in [4.78, 5) is 19.8. The number of carbonyl (C=O) groups is 1. The maximum atomic E-state index is 13.3. The molecule has 0 aromatic heterocycles. The Labute approximate surface area is 170 Å². The molecule has 6 nitrogen and oxygen atoms in total. The van der Waals surface area contributed by atoms with E-state index in [4.69, 9.17) is 19.6 Å². The van der Waals surface area contributed by atoms with Crippen LogP contribution in [0.4, 0.5) is 5.69 Å². The summed E-state index contributed by atoms with van der Waals surface area (Å²) in [5.41, 5.74) is 1.85. The van der Waals surface area contributed by atoms with Crippen molar-refractivity contribution in [3.8, 4) is 5.75 Å². The Kier molecular flexibility index (Phi) is 5.36. The van der Waals surface area contributed by atoms with Gasteiger partial charge in [0.25, 0.3) is 5.91 Å². The smallest absolute Gasteiger partial charge is 0.259 e. The van der Waals surface area contributed by atoms with Crippen LogP contribution in [0.3, 0.4) is 0 Å². The summed E-state index contributed by atoms with van der Waals surface area (Å²) in [5.74, 6) is 1.13. The molecule has 0 aliphatic carbocycles. The van der Waals surface area contributed by atoms with Gasteiger partial charge in [-0.15, -0.1) is 6.58 Å². The van der Waals surface area contributed by atoms with Crippen LogP contribution >= 0.6 is 0 Å². The number of aliphatic hydroxyl groups excluding tert-OH is 1. The first-order chi connectivity index (χ1) is 14.2. The monoisotopic (exact) mass is 392 g/mol. The third-order valence-corrected chi connectivity index (χ3v) is 5.16. The zero-order valence-electron chi connectivity index (χ0n) is 16.2. The average molecular weight is 392 g/mol. The van der Waals surface area contributed by atoms with Crippen LogP contribution in [0.15, 0.2) is 66.2 Å². The first kappa shape index (κ1) is 19.2. The second-order valence-corrected chi connectivity index (χ2v) is 7.20. The summed E-state index contributed by atoms with van der Waals surface area (Å²) in [6.07, 6.45) is 2.83. The fourth-order valence-corrected chi connectivity index (χ4v) is 3.73. The highest BCUT2D eigenvalue weighted by molar-refractivity contribution is 6.07. The molecular formula is C23H24N2O4. The van der Waals surface area contributed by atoms with E-state index in [1.807, 2.05) is 48.5 Å². The second kappa shape index (κ2) is 8.09. The lowest BCUT2D eigenvalue weighted by Gasteiger charge is -2.37.